The Kier molecular flexibility index (Phi) is 5.09. The van der Waals surface area contributed by atoms with Gasteiger partial charge in [-0.25, -0.2) is 4.52 Å². The van der Waals surface area contributed by atoms with Crippen molar-refractivity contribution in [2.45, 2.75) is 31.3 Å². The molecule has 0 bridgehead atoms. The lowest BCUT2D eigenvalue weighted by Gasteiger charge is -2.24. The second-order valence-electron chi connectivity index (χ2n) is 7.11. The highest BCUT2D eigenvalue weighted by molar-refractivity contribution is 5.54. The molecule has 2 atom stereocenters. The molecule has 3 aromatic rings. The first-order valence-corrected chi connectivity index (χ1v) is 9.32. The summed E-state index contributed by atoms with van der Waals surface area (Å²) in [7, 11) is 1.39. The standard InChI is InChI=1S/C18H22F3N7O/c1-27-10-13(16(26-27)18(19,20)21)24-17(29)14-6-4-12-5-7-15(25-28(12)14)23-11-3-2-8-22-9-11/h4-7,10-11,17,22,24,29H,2-3,8-9H2,1H3,(H,23,25)/t11-,17?/m1/s1. The van der Waals surface area contributed by atoms with E-state index in [1.807, 2.05) is 12.1 Å². The predicted molar refractivity (Wildman–Crippen MR) is 101 cm³/mol. The minimum absolute atomic E-state index is 0.250. The van der Waals surface area contributed by atoms with Crippen molar-refractivity contribution >= 4 is 17.0 Å². The normalized spacial score (nSPS) is 18.7. The molecule has 11 heteroatoms. The number of aryl methyl sites for hydroxylation is 1. The van der Waals surface area contributed by atoms with Gasteiger partial charge in [0.15, 0.2) is 11.9 Å². The van der Waals surface area contributed by atoms with Gasteiger partial charge in [-0.05, 0) is 43.7 Å². The molecular weight excluding hydrogens is 387 g/mol. The van der Waals surface area contributed by atoms with Crippen molar-refractivity contribution in [2.75, 3.05) is 23.7 Å². The Balaban J connectivity index is 1.58. The molecular formula is C18H22F3N7O. The minimum Gasteiger partial charge on any atom is -0.368 e. The fourth-order valence-corrected chi connectivity index (χ4v) is 3.50. The fraction of sp³-hybridized carbons (Fsp3) is 0.444. The van der Waals surface area contributed by atoms with Crippen LogP contribution >= 0.6 is 0 Å². The van der Waals surface area contributed by atoms with Gasteiger partial charge in [0.05, 0.1) is 16.9 Å². The van der Waals surface area contributed by atoms with E-state index in [1.165, 1.54) is 17.8 Å². The summed E-state index contributed by atoms with van der Waals surface area (Å²) in [6.07, 6.45) is -2.76. The molecule has 0 radical (unpaired) electrons. The topological polar surface area (TPSA) is 91.4 Å². The molecule has 4 N–H and O–H groups in total. The molecule has 4 heterocycles. The highest BCUT2D eigenvalue weighted by atomic mass is 19.4. The summed E-state index contributed by atoms with van der Waals surface area (Å²) in [6.45, 7) is 1.84. The number of piperidine rings is 1. The second-order valence-corrected chi connectivity index (χ2v) is 7.11. The van der Waals surface area contributed by atoms with E-state index in [1.54, 1.807) is 12.1 Å². The van der Waals surface area contributed by atoms with Crippen molar-refractivity contribution in [2.24, 2.45) is 7.05 Å². The van der Waals surface area contributed by atoms with Crippen LogP contribution in [0.1, 0.15) is 30.5 Å². The molecule has 1 aliphatic rings. The maximum atomic E-state index is 13.2. The molecule has 0 amide bonds. The lowest BCUT2D eigenvalue weighted by molar-refractivity contribution is -0.140. The van der Waals surface area contributed by atoms with Crippen LogP contribution < -0.4 is 16.0 Å². The lowest BCUT2D eigenvalue weighted by atomic mass is 10.1. The summed E-state index contributed by atoms with van der Waals surface area (Å²) in [5.74, 6) is 0.633. The zero-order valence-electron chi connectivity index (χ0n) is 15.7. The van der Waals surface area contributed by atoms with Gasteiger partial charge < -0.3 is 21.1 Å². The van der Waals surface area contributed by atoms with Crippen molar-refractivity contribution in [3.63, 3.8) is 0 Å². The van der Waals surface area contributed by atoms with Crippen LogP contribution in [-0.2, 0) is 13.2 Å². The van der Waals surface area contributed by atoms with E-state index < -0.39 is 18.1 Å². The number of alkyl halides is 3. The van der Waals surface area contributed by atoms with E-state index in [0.717, 1.165) is 36.1 Å². The quantitative estimate of drug-likeness (QED) is 0.484. The third-order valence-corrected chi connectivity index (χ3v) is 4.85. The maximum absolute atomic E-state index is 13.2. The molecule has 4 rings (SSSR count). The first-order valence-electron chi connectivity index (χ1n) is 9.32. The van der Waals surface area contributed by atoms with Crippen molar-refractivity contribution in [1.29, 1.82) is 0 Å². The Bertz CT molecular complexity index is 991. The van der Waals surface area contributed by atoms with Gasteiger partial charge in [-0.1, -0.05) is 0 Å². The van der Waals surface area contributed by atoms with Gasteiger partial charge in [-0.3, -0.25) is 4.68 Å². The average molecular weight is 409 g/mol. The van der Waals surface area contributed by atoms with Gasteiger partial charge in [-0.2, -0.15) is 23.4 Å². The largest absolute Gasteiger partial charge is 0.437 e. The monoisotopic (exact) mass is 409 g/mol. The van der Waals surface area contributed by atoms with E-state index in [9.17, 15) is 18.3 Å². The average Bonchev–Trinajstić information content (AvgIpc) is 3.25. The number of anilines is 2. The van der Waals surface area contributed by atoms with Crippen molar-refractivity contribution in [3.05, 3.63) is 41.9 Å². The molecule has 8 nitrogen and oxygen atoms in total. The van der Waals surface area contributed by atoms with Gasteiger partial charge in [0.2, 0.25) is 0 Å². The third kappa shape index (κ3) is 4.15. The Labute approximate surface area is 164 Å². The number of aliphatic hydroxyl groups is 1. The van der Waals surface area contributed by atoms with Crippen molar-refractivity contribution < 1.29 is 18.3 Å². The molecule has 0 saturated carbocycles. The van der Waals surface area contributed by atoms with E-state index in [4.69, 9.17) is 0 Å². The van der Waals surface area contributed by atoms with Gasteiger partial charge in [-0.15, -0.1) is 0 Å². The zero-order chi connectivity index (χ0) is 20.6. The molecule has 156 valence electrons. The molecule has 3 aromatic heterocycles. The maximum Gasteiger partial charge on any atom is 0.437 e. The summed E-state index contributed by atoms with van der Waals surface area (Å²) in [5, 5.41) is 27.7. The second kappa shape index (κ2) is 7.56. The summed E-state index contributed by atoms with van der Waals surface area (Å²) in [6, 6.07) is 7.30. The zero-order valence-corrected chi connectivity index (χ0v) is 15.7. The highest BCUT2D eigenvalue weighted by Gasteiger charge is 2.37. The number of fused-ring (bicyclic) bond motifs is 1. The number of nitrogens with one attached hydrogen (secondary N) is 3. The van der Waals surface area contributed by atoms with Crippen LogP contribution in [0.2, 0.25) is 0 Å². The summed E-state index contributed by atoms with van der Waals surface area (Å²) >= 11 is 0. The van der Waals surface area contributed by atoms with E-state index in [2.05, 4.69) is 26.1 Å². The Morgan fingerprint density at radius 2 is 2.03 bits per heavy atom. The number of aliphatic hydroxyl groups excluding tert-OH is 1. The van der Waals surface area contributed by atoms with Crippen LogP contribution in [-0.4, -0.2) is 43.6 Å². The number of nitrogens with zero attached hydrogens (tertiary/aromatic N) is 4. The van der Waals surface area contributed by atoms with Gasteiger partial charge in [0.1, 0.15) is 5.82 Å². The van der Waals surface area contributed by atoms with Gasteiger partial charge in [0.25, 0.3) is 0 Å². The smallest absolute Gasteiger partial charge is 0.368 e. The predicted octanol–water partition coefficient (Wildman–Crippen LogP) is 2.35. The fourth-order valence-electron chi connectivity index (χ4n) is 3.50. The highest BCUT2D eigenvalue weighted by Crippen LogP contribution is 2.34. The lowest BCUT2D eigenvalue weighted by Crippen LogP contribution is -2.38. The molecule has 0 spiro atoms. The number of rotatable bonds is 5. The summed E-state index contributed by atoms with van der Waals surface area (Å²) < 4.78 is 42.0. The minimum atomic E-state index is -4.63. The third-order valence-electron chi connectivity index (χ3n) is 4.85. The van der Waals surface area contributed by atoms with Crippen LogP contribution in [0.4, 0.5) is 24.7 Å². The van der Waals surface area contributed by atoms with Gasteiger partial charge in [0, 0.05) is 25.8 Å². The van der Waals surface area contributed by atoms with Crippen LogP contribution in [0.25, 0.3) is 5.52 Å². The number of hydrogen-bond acceptors (Lipinski definition) is 6. The molecule has 1 saturated heterocycles. The van der Waals surface area contributed by atoms with Crippen molar-refractivity contribution in [3.8, 4) is 0 Å². The summed E-state index contributed by atoms with van der Waals surface area (Å²) in [4.78, 5) is 0. The molecule has 1 fully saturated rings. The molecule has 1 unspecified atom stereocenters. The SMILES string of the molecule is Cn1cc(NC(O)c2ccc3ccc(N[C@@H]4CCCNC4)nn23)c(C(F)(F)F)n1. The van der Waals surface area contributed by atoms with Crippen molar-refractivity contribution in [1.82, 2.24) is 24.7 Å². The Morgan fingerprint density at radius 3 is 2.76 bits per heavy atom. The van der Waals surface area contributed by atoms with E-state index in [0.29, 0.717) is 11.5 Å². The van der Waals surface area contributed by atoms with E-state index >= 15 is 0 Å². The first kappa shape index (κ1) is 19.5. The Morgan fingerprint density at radius 1 is 1.24 bits per heavy atom. The van der Waals surface area contributed by atoms with E-state index in [-0.39, 0.29) is 11.7 Å². The number of aromatic nitrogens is 4. The van der Waals surface area contributed by atoms with Crippen LogP contribution in [0, 0.1) is 0 Å². The summed E-state index contributed by atoms with van der Waals surface area (Å²) in [5.41, 5.74) is -0.345. The molecule has 1 aliphatic heterocycles. The number of hydrogen-bond donors (Lipinski definition) is 4. The molecule has 29 heavy (non-hydrogen) atoms. The molecule has 0 aromatic carbocycles. The Hall–Kier alpha value is -2.79. The number of halogens is 3. The van der Waals surface area contributed by atoms with Gasteiger partial charge >= 0.3 is 6.18 Å². The van der Waals surface area contributed by atoms with Crippen LogP contribution in [0.3, 0.4) is 0 Å². The van der Waals surface area contributed by atoms with Crippen LogP contribution in [0.15, 0.2) is 30.5 Å². The molecule has 0 aliphatic carbocycles. The first-order chi connectivity index (χ1) is 13.8. The van der Waals surface area contributed by atoms with Crippen LogP contribution in [0.5, 0.6) is 0 Å².